The van der Waals surface area contributed by atoms with E-state index in [-0.39, 0.29) is 0 Å². The molecule has 3 rings (SSSR count). The molecule has 0 unspecified atom stereocenters. The van der Waals surface area contributed by atoms with Gasteiger partial charge in [-0.2, -0.15) is 5.10 Å². The van der Waals surface area contributed by atoms with Gasteiger partial charge in [-0.3, -0.25) is 5.10 Å². The second-order valence-electron chi connectivity index (χ2n) is 4.04. The minimum Gasteiger partial charge on any atom is -0.465 e. The summed E-state index contributed by atoms with van der Waals surface area (Å²) in [6, 6.07) is 3.89. The highest BCUT2D eigenvalue weighted by Crippen LogP contribution is 2.27. The van der Waals surface area contributed by atoms with Crippen LogP contribution in [0.3, 0.4) is 0 Å². The Balaban J connectivity index is 1.89. The molecule has 0 amide bonds. The number of furan rings is 1. The van der Waals surface area contributed by atoms with Crippen molar-refractivity contribution in [3.05, 3.63) is 30.0 Å². The van der Waals surface area contributed by atoms with Crippen LogP contribution in [-0.2, 0) is 6.54 Å². The molecule has 0 saturated carbocycles. The fraction of sp³-hybridized carbons (Fsp3) is 0.250. The van der Waals surface area contributed by atoms with Crippen molar-refractivity contribution in [1.82, 2.24) is 20.2 Å². The summed E-state index contributed by atoms with van der Waals surface area (Å²) in [6.07, 6.45) is 3.49. The highest BCUT2D eigenvalue weighted by Gasteiger charge is 2.12. The molecule has 0 radical (unpaired) electrons. The third-order valence-electron chi connectivity index (χ3n) is 2.74. The van der Waals surface area contributed by atoms with Crippen LogP contribution in [0.5, 0.6) is 0 Å². The Bertz CT molecular complexity index is 705. The molecule has 0 atom stereocenters. The number of aromatic amines is 1. The lowest BCUT2D eigenvalue weighted by Gasteiger charge is -2.04. The summed E-state index contributed by atoms with van der Waals surface area (Å²) in [5, 5.41) is 12.2. The van der Waals surface area contributed by atoms with Crippen molar-refractivity contribution in [1.29, 1.82) is 0 Å². The summed E-state index contributed by atoms with van der Waals surface area (Å²) < 4.78 is 5.52. The molecule has 0 fully saturated rings. The lowest BCUT2D eigenvalue weighted by atomic mass is 10.3. The Labute approximate surface area is 114 Å². The molecule has 0 spiro atoms. The van der Waals surface area contributed by atoms with Gasteiger partial charge in [-0.05, 0) is 25.3 Å². The maximum Gasteiger partial charge on any atom is 0.161 e. The number of aryl methyl sites for hydroxylation is 1. The predicted octanol–water partition coefficient (Wildman–Crippen LogP) is 2.59. The van der Waals surface area contributed by atoms with E-state index in [1.807, 2.05) is 25.3 Å². The van der Waals surface area contributed by atoms with Crippen molar-refractivity contribution in [2.75, 3.05) is 11.6 Å². The first-order valence-corrected chi connectivity index (χ1v) is 7.02. The van der Waals surface area contributed by atoms with Gasteiger partial charge in [-0.15, -0.1) is 11.8 Å². The van der Waals surface area contributed by atoms with Crippen molar-refractivity contribution < 1.29 is 4.42 Å². The highest BCUT2D eigenvalue weighted by molar-refractivity contribution is 7.98. The molecule has 3 heterocycles. The lowest BCUT2D eigenvalue weighted by molar-refractivity contribution is 0.490. The average molecular weight is 275 g/mol. The van der Waals surface area contributed by atoms with Crippen LogP contribution in [0.25, 0.3) is 11.0 Å². The average Bonchev–Trinajstić information content (AvgIpc) is 3.02. The lowest BCUT2D eigenvalue weighted by Crippen LogP contribution is -2.01. The zero-order chi connectivity index (χ0) is 13.2. The van der Waals surface area contributed by atoms with E-state index in [0.717, 1.165) is 33.4 Å². The van der Waals surface area contributed by atoms with Gasteiger partial charge in [0.2, 0.25) is 0 Å². The fourth-order valence-electron chi connectivity index (χ4n) is 1.87. The van der Waals surface area contributed by atoms with Gasteiger partial charge in [-0.1, -0.05) is 0 Å². The Kier molecular flexibility index (Phi) is 3.12. The summed E-state index contributed by atoms with van der Waals surface area (Å²) >= 11 is 1.56. The number of hydrogen-bond acceptors (Lipinski definition) is 6. The van der Waals surface area contributed by atoms with Crippen molar-refractivity contribution >= 4 is 28.6 Å². The summed E-state index contributed by atoms with van der Waals surface area (Å²) in [7, 11) is 0. The van der Waals surface area contributed by atoms with Crippen LogP contribution in [0.1, 0.15) is 11.5 Å². The fourth-order valence-corrected chi connectivity index (χ4v) is 2.40. The van der Waals surface area contributed by atoms with Crippen LogP contribution in [0.2, 0.25) is 0 Å². The number of anilines is 1. The smallest absolute Gasteiger partial charge is 0.161 e. The third-order valence-corrected chi connectivity index (χ3v) is 3.43. The number of H-pyrrole nitrogens is 1. The topological polar surface area (TPSA) is 79.6 Å². The molecule has 0 aliphatic heterocycles. The summed E-state index contributed by atoms with van der Waals surface area (Å²) in [4.78, 5) is 8.44. The highest BCUT2D eigenvalue weighted by atomic mass is 32.2. The molecule has 7 heteroatoms. The van der Waals surface area contributed by atoms with Crippen molar-refractivity contribution in [2.45, 2.75) is 18.5 Å². The van der Waals surface area contributed by atoms with E-state index in [2.05, 4.69) is 25.5 Å². The quantitative estimate of drug-likeness (QED) is 0.712. The molecule has 0 aromatic carbocycles. The van der Waals surface area contributed by atoms with Gasteiger partial charge in [0.25, 0.3) is 0 Å². The molecule has 0 aliphatic carbocycles. The summed E-state index contributed by atoms with van der Waals surface area (Å²) in [6.45, 7) is 2.51. The molecule has 3 aromatic rings. The number of fused-ring (bicyclic) bond motifs is 1. The van der Waals surface area contributed by atoms with Crippen LogP contribution >= 0.6 is 11.8 Å². The van der Waals surface area contributed by atoms with E-state index in [4.69, 9.17) is 4.42 Å². The minimum absolute atomic E-state index is 0.582. The first kappa shape index (κ1) is 12.0. The molecule has 3 aromatic heterocycles. The molecule has 0 saturated heterocycles. The van der Waals surface area contributed by atoms with Gasteiger partial charge in [0.05, 0.1) is 11.9 Å². The Hall–Kier alpha value is -2.02. The van der Waals surface area contributed by atoms with E-state index in [0.29, 0.717) is 6.54 Å². The number of nitrogens with one attached hydrogen (secondary N) is 2. The van der Waals surface area contributed by atoms with Crippen molar-refractivity contribution in [2.24, 2.45) is 0 Å². The van der Waals surface area contributed by atoms with Gasteiger partial charge in [-0.25, -0.2) is 9.97 Å². The number of aromatic nitrogens is 4. The van der Waals surface area contributed by atoms with Crippen LogP contribution in [0.4, 0.5) is 5.82 Å². The molecular formula is C12H13N5OS. The van der Waals surface area contributed by atoms with E-state index >= 15 is 0 Å². The number of nitrogens with zero attached hydrogens (tertiary/aromatic N) is 3. The van der Waals surface area contributed by atoms with Crippen molar-refractivity contribution in [3.63, 3.8) is 0 Å². The van der Waals surface area contributed by atoms with Crippen LogP contribution in [0, 0.1) is 6.92 Å². The zero-order valence-electron chi connectivity index (χ0n) is 10.6. The van der Waals surface area contributed by atoms with E-state index in [9.17, 15) is 0 Å². The van der Waals surface area contributed by atoms with Gasteiger partial charge < -0.3 is 9.73 Å². The maximum absolute atomic E-state index is 5.52. The largest absolute Gasteiger partial charge is 0.465 e. The second-order valence-corrected chi connectivity index (χ2v) is 4.84. The van der Waals surface area contributed by atoms with Gasteiger partial charge in [0.15, 0.2) is 5.65 Å². The molecular weight excluding hydrogens is 262 g/mol. The van der Waals surface area contributed by atoms with E-state index < -0.39 is 0 Å². The molecule has 6 nitrogen and oxygen atoms in total. The molecule has 0 bridgehead atoms. The number of hydrogen-bond donors (Lipinski definition) is 2. The van der Waals surface area contributed by atoms with E-state index in [1.165, 1.54) is 6.33 Å². The standard InChI is InChI=1S/C12H13N5OS/c1-7-3-4-8(18-7)5-13-10-9-11(15-6-14-10)16-17-12(9)19-2/h3-4,6H,5H2,1-2H3,(H2,13,14,15,16,17). The minimum atomic E-state index is 0.582. The number of thioether (sulfide) groups is 1. The Morgan fingerprint density at radius 3 is 3.00 bits per heavy atom. The van der Waals surface area contributed by atoms with Gasteiger partial charge >= 0.3 is 0 Å². The molecule has 19 heavy (non-hydrogen) atoms. The molecule has 2 N–H and O–H groups in total. The first-order valence-electron chi connectivity index (χ1n) is 5.80. The Morgan fingerprint density at radius 2 is 2.26 bits per heavy atom. The number of rotatable bonds is 4. The van der Waals surface area contributed by atoms with Crippen LogP contribution in [-0.4, -0.2) is 26.4 Å². The normalized spacial score (nSPS) is 11.1. The maximum atomic E-state index is 5.52. The van der Waals surface area contributed by atoms with Gasteiger partial charge in [0.1, 0.15) is 28.7 Å². The second kappa shape index (κ2) is 4.93. The predicted molar refractivity (Wildman–Crippen MR) is 74.2 cm³/mol. The third kappa shape index (κ3) is 2.28. The SMILES string of the molecule is CSc1n[nH]c2ncnc(NCc3ccc(C)o3)c12. The molecule has 0 aliphatic rings. The molecule has 98 valence electrons. The van der Waals surface area contributed by atoms with Crippen LogP contribution in [0.15, 0.2) is 27.9 Å². The van der Waals surface area contributed by atoms with E-state index in [1.54, 1.807) is 11.8 Å². The summed E-state index contributed by atoms with van der Waals surface area (Å²) in [5.41, 5.74) is 0.734. The summed E-state index contributed by atoms with van der Waals surface area (Å²) in [5.74, 6) is 2.54. The monoisotopic (exact) mass is 275 g/mol. The Morgan fingerprint density at radius 1 is 1.37 bits per heavy atom. The first-order chi connectivity index (χ1) is 9.28. The van der Waals surface area contributed by atoms with Gasteiger partial charge in [0, 0.05) is 0 Å². The zero-order valence-corrected chi connectivity index (χ0v) is 11.4. The van der Waals surface area contributed by atoms with Crippen LogP contribution < -0.4 is 5.32 Å². The van der Waals surface area contributed by atoms with Crippen molar-refractivity contribution in [3.8, 4) is 0 Å².